The van der Waals surface area contributed by atoms with Gasteiger partial charge in [-0.25, -0.2) is 0 Å². The van der Waals surface area contributed by atoms with Crippen LogP contribution in [-0.2, 0) is 32.8 Å². The molecule has 0 spiro atoms. The Kier molecular flexibility index (Phi) is 10.3. The summed E-state index contributed by atoms with van der Waals surface area (Å²) in [6, 6.07) is 0. The lowest BCUT2D eigenvalue weighted by atomic mass is 9.87. The Labute approximate surface area is 220 Å². The second kappa shape index (κ2) is 12.2. The fraction of sp³-hybridized carbons (Fsp3) is 0.929. The number of ether oxygens (including phenoxy) is 6. The topological polar surface area (TPSA) is 64.6 Å². The Morgan fingerprint density at radius 1 is 1.00 bits per heavy atom. The van der Waals surface area contributed by atoms with Crippen LogP contribution < -0.4 is 0 Å². The first-order valence-corrected chi connectivity index (χ1v) is 16.6. The van der Waals surface area contributed by atoms with Crippen LogP contribution in [0.25, 0.3) is 0 Å². The van der Waals surface area contributed by atoms with Crippen LogP contribution in [0.1, 0.15) is 53.9 Å². The third kappa shape index (κ3) is 6.81. The molecule has 2 heterocycles. The van der Waals surface area contributed by atoms with Crippen LogP contribution in [0.15, 0.2) is 12.7 Å². The second-order valence-corrected chi connectivity index (χ2v) is 17.4. The van der Waals surface area contributed by atoms with Gasteiger partial charge < -0.3 is 32.8 Å². The van der Waals surface area contributed by atoms with Crippen LogP contribution in [0.4, 0.5) is 0 Å². The van der Waals surface area contributed by atoms with Crippen molar-refractivity contribution in [2.75, 3.05) is 27.9 Å². The van der Waals surface area contributed by atoms with E-state index in [9.17, 15) is 0 Å². The fourth-order valence-electron chi connectivity index (χ4n) is 5.45. The molecule has 0 aromatic carbocycles. The maximum Gasteiger partial charge on any atom is 0.192 e. The first kappa shape index (κ1) is 30.2. The maximum atomic E-state index is 6.98. The van der Waals surface area contributed by atoms with Crippen molar-refractivity contribution in [1.82, 2.24) is 0 Å². The average molecular weight is 529 g/mol. The SMILES string of the molecule is C=C[C@@H]1O[C@H](C[C@H](O[Si](C)(C)C(C)(C)C)[C@H]2C[C@@H]2C)C[C@H](O[C@@H]2OC[C@@H](OC)[C@H](OC)[C@H]2OC)[C@H]1C. The van der Waals surface area contributed by atoms with Gasteiger partial charge in [0.05, 0.1) is 31.0 Å². The zero-order valence-corrected chi connectivity index (χ0v) is 25.3. The van der Waals surface area contributed by atoms with Crippen LogP contribution in [-0.4, -0.2) is 85.3 Å². The summed E-state index contributed by atoms with van der Waals surface area (Å²) < 4.78 is 43.3. The van der Waals surface area contributed by atoms with Crippen molar-refractivity contribution < 1.29 is 32.8 Å². The molecule has 0 radical (unpaired) electrons. The molecule has 3 fully saturated rings. The molecular weight excluding hydrogens is 476 g/mol. The van der Waals surface area contributed by atoms with E-state index >= 15 is 0 Å². The van der Waals surface area contributed by atoms with Crippen molar-refractivity contribution in [2.24, 2.45) is 17.8 Å². The van der Waals surface area contributed by atoms with Crippen LogP contribution in [0.5, 0.6) is 0 Å². The summed E-state index contributed by atoms with van der Waals surface area (Å²) in [7, 11) is 3.10. The second-order valence-electron chi connectivity index (χ2n) is 12.6. The first-order chi connectivity index (χ1) is 16.9. The van der Waals surface area contributed by atoms with Gasteiger partial charge in [-0.15, -0.1) is 6.58 Å². The highest BCUT2D eigenvalue weighted by Crippen LogP contribution is 2.48. The molecule has 0 N–H and O–H groups in total. The van der Waals surface area contributed by atoms with Gasteiger partial charge in [-0.2, -0.15) is 0 Å². The van der Waals surface area contributed by atoms with E-state index in [1.807, 2.05) is 6.08 Å². The van der Waals surface area contributed by atoms with Crippen molar-refractivity contribution >= 4 is 8.32 Å². The van der Waals surface area contributed by atoms with Gasteiger partial charge >= 0.3 is 0 Å². The van der Waals surface area contributed by atoms with Crippen molar-refractivity contribution in [3.05, 3.63) is 12.7 Å². The van der Waals surface area contributed by atoms with Gasteiger partial charge in [0, 0.05) is 33.7 Å². The predicted octanol–water partition coefficient (Wildman–Crippen LogP) is 5.19. The third-order valence-electron chi connectivity index (χ3n) is 9.12. The number of rotatable bonds is 11. The molecule has 11 atom stereocenters. The summed E-state index contributed by atoms with van der Waals surface area (Å²) in [5, 5.41) is 0.173. The Morgan fingerprint density at radius 3 is 2.14 bits per heavy atom. The molecule has 1 saturated carbocycles. The summed E-state index contributed by atoms with van der Waals surface area (Å²) in [4.78, 5) is 0. The van der Waals surface area contributed by atoms with E-state index in [4.69, 9.17) is 32.8 Å². The van der Waals surface area contributed by atoms with E-state index in [0.29, 0.717) is 18.4 Å². The third-order valence-corrected chi connectivity index (χ3v) is 13.6. The van der Waals surface area contributed by atoms with E-state index in [-0.39, 0.29) is 53.7 Å². The zero-order chi connectivity index (χ0) is 26.8. The summed E-state index contributed by atoms with van der Waals surface area (Å²) in [5.74, 6) is 1.46. The lowest BCUT2D eigenvalue weighted by Crippen LogP contribution is -2.58. The monoisotopic (exact) mass is 528 g/mol. The molecule has 0 unspecified atom stereocenters. The lowest BCUT2D eigenvalue weighted by molar-refractivity contribution is -0.307. The van der Waals surface area contributed by atoms with Gasteiger partial charge in [0.15, 0.2) is 14.6 Å². The van der Waals surface area contributed by atoms with E-state index < -0.39 is 14.6 Å². The molecule has 8 heteroatoms. The van der Waals surface area contributed by atoms with Crippen LogP contribution >= 0.6 is 0 Å². The van der Waals surface area contributed by atoms with Crippen molar-refractivity contribution in [1.29, 1.82) is 0 Å². The zero-order valence-electron chi connectivity index (χ0n) is 24.3. The Morgan fingerprint density at radius 2 is 1.64 bits per heavy atom. The minimum absolute atomic E-state index is 0.0336. The van der Waals surface area contributed by atoms with Gasteiger partial charge in [-0.3, -0.25) is 0 Å². The average Bonchev–Trinajstić information content (AvgIpc) is 3.55. The highest BCUT2D eigenvalue weighted by Gasteiger charge is 2.49. The largest absolute Gasteiger partial charge is 0.414 e. The van der Waals surface area contributed by atoms with Gasteiger partial charge in [-0.1, -0.05) is 40.7 Å². The Balaban J connectivity index is 1.73. The standard InChI is InChI=1S/C28H52O7Si/c1-12-21-18(3)22(34-27-26(31-9)25(30-8)24(29-7)16-32-27)14-19(33-21)15-23(20-13-17(20)2)35-36(10,11)28(4,5)6/h12,17-27H,1,13-16H2,2-11H3/t17-,18-,19-,20-,21-,22-,23-,24+,25-,26+,27-/m0/s1. The minimum Gasteiger partial charge on any atom is -0.414 e. The summed E-state index contributed by atoms with van der Waals surface area (Å²) >= 11 is 0. The highest BCUT2D eigenvalue weighted by molar-refractivity contribution is 6.74. The van der Waals surface area contributed by atoms with E-state index in [0.717, 1.165) is 12.8 Å². The highest BCUT2D eigenvalue weighted by atomic mass is 28.4. The summed E-state index contributed by atoms with van der Waals surface area (Å²) in [5.41, 5.74) is 0. The van der Waals surface area contributed by atoms with Gasteiger partial charge in [-0.05, 0) is 42.8 Å². The summed E-state index contributed by atoms with van der Waals surface area (Å²) in [6.07, 6.45) is 3.52. The van der Waals surface area contributed by atoms with Crippen LogP contribution in [0.2, 0.25) is 18.1 Å². The fourth-order valence-corrected chi connectivity index (χ4v) is 6.83. The molecule has 1 aliphatic carbocycles. The van der Waals surface area contributed by atoms with E-state index in [2.05, 4.69) is 54.3 Å². The minimum atomic E-state index is -1.90. The van der Waals surface area contributed by atoms with Gasteiger partial charge in [0.1, 0.15) is 18.3 Å². The molecule has 3 rings (SSSR count). The van der Waals surface area contributed by atoms with Crippen molar-refractivity contribution in [2.45, 2.75) is 121 Å². The van der Waals surface area contributed by atoms with Crippen molar-refractivity contribution in [3.8, 4) is 0 Å². The molecule has 0 amide bonds. The molecule has 0 aromatic rings. The van der Waals surface area contributed by atoms with Crippen LogP contribution in [0.3, 0.4) is 0 Å². The quantitative estimate of drug-likeness (QED) is 0.270. The van der Waals surface area contributed by atoms with Crippen LogP contribution in [0, 0.1) is 17.8 Å². The molecule has 2 aliphatic heterocycles. The Hall–Kier alpha value is -0.323. The molecule has 0 bridgehead atoms. The lowest BCUT2D eigenvalue weighted by Gasteiger charge is -2.46. The van der Waals surface area contributed by atoms with Gasteiger partial charge in [0.2, 0.25) is 0 Å². The number of methoxy groups -OCH3 is 3. The molecule has 2 saturated heterocycles. The first-order valence-electron chi connectivity index (χ1n) is 13.7. The summed E-state index contributed by atoms with van der Waals surface area (Å²) in [6.45, 7) is 20.6. The maximum absolute atomic E-state index is 6.98. The van der Waals surface area contributed by atoms with Gasteiger partial charge in [0.25, 0.3) is 0 Å². The van der Waals surface area contributed by atoms with E-state index in [1.54, 1.807) is 21.3 Å². The molecule has 0 aromatic heterocycles. The molecule has 7 nitrogen and oxygen atoms in total. The smallest absolute Gasteiger partial charge is 0.192 e. The number of hydrogen-bond donors (Lipinski definition) is 0. The predicted molar refractivity (Wildman–Crippen MR) is 144 cm³/mol. The normalized spacial score (nSPS) is 40.6. The number of hydrogen-bond acceptors (Lipinski definition) is 7. The Bertz CT molecular complexity index is 711. The molecule has 3 aliphatic rings. The molecule has 210 valence electrons. The molecule has 36 heavy (non-hydrogen) atoms. The van der Waals surface area contributed by atoms with Crippen molar-refractivity contribution in [3.63, 3.8) is 0 Å². The van der Waals surface area contributed by atoms with E-state index in [1.165, 1.54) is 6.42 Å². The molecular formula is C28H52O7Si.